The summed E-state index contributed by atoms with van der Waals surface area (Å²) >= 11 is 0. The number of esters is 4. The Hall–Kier alpha value is -2.79. The Morgan fingerprint density at radius 1 is 0.339 bits per heavy atom. The van der Waals surface area contributed by atoms with Crippen LogP contribution in [0.4, 0.5) is 0 Å². The van der Waals surface area contributed by atoms with E-state index >= 15 is 0 Å². The van der Waals surface area contributed by atoms with Crippen molar-refractivity contribution < 1.29 is 122 Å². The molecule has 0 amide bonds. The second-order valence-corrected chi connectivity index (χ2v) is 34.6. The fraction of sp³-hybridized carbons (Fsp3) is 0.933. The Kier molecular flexibility index (Phi) is 63.6. The summed E-state index contributed by atoms with van der Waals surface area (Å²) < 4.78 is 73.3. The van der Waals surface area contributed by atoms with Gasteiger partial charge in [0.15, 0.2) is 24.8 Å². The van der Waals surface area contributed by atoms with Crippen molar-refractivity contribution in [3.05, 3.63) is 12.2 Å². The van der Waals surface area contributed by atoms with Crippen molar-refractivity contribution in [2.45, 2.75) is 504 Å². The van der Waals surface area contributed by atoms with Crippen LogP contribution in [0.5, 0.6) is 0 Å². The number of unbranched alkanes of at least 4 members (excludes halogenated alkanes) is 49. The molecule has 676 valence electrons. The molecule has 2 aliphatic heterocycles. The summed E-state index contributed by atoms with van der Waals surface area (Å²) in [6, 6.07) is 0. The lowest BCUT2D eigenvalue weighted by Gasteiger charge is -2.50. The minimum Gasteiger partial charge on any atom is -0.463 e. The Bertz CT molecular complexity index is 2440. The Morgan fingerprint density at radius 2 is 0.652 bits per heavy atom. The van der Waals surface area contributed by atoms with Crippen LogP contribution in [0.1, 0.15) is 400 Å². The van der Waals surface area contributed by atoms with Gasteiger partial charge in [0.2, 0.25) is 0 Å². The molecule has 18 unspecified atom stereocenters. The van der Waals surface area contributed by atoms with Gasteiger partial charge in [-0.2, -0.15) is 0 Å². The van der Waals surface area contributed by atoms with Crippen molar-refractivity contribution in [2.24, 2.45) is 0 Å². The van der Waals surface area contributed by atoms with Gasteiger partial charge in [0.05, 0.1) is 13.2 Å². The molecule has 0 spiro atoms. The van der Waals surface area contributed by atoms with E-state index < -0.39 is 162 Å². The molecule has 10 N–H and O–H groups in total. The number of phosphoric ester groups is 1. The van der Waals surface area contributed by atoms with Crippen LogP contribution in [-0.2, 0) is 70.7 Å². The maximum absolute atomic E-state index is 14.9. The van der Waals surface area contributed by atoms with Gasteiger partial charge in [-0.1, -0.05) is 335 Å². The van der Waals surface area contributed by atoms with Gasteiger partial charge in [-0.05, 0) is 51.4 Å². The van der Waals surface area contributed by atoms with Crippen LogP contribution in [-0.4, -0.2) is 205 Å². The molecule has 2 saturated heterocycles. The monoisotopic (exact) mass is 1670 g/mol. The molecule has 3 rings (SSSR count). The Balaban J connectivity index is 1.92. The largest absolute Gasteiger partial charge is 0.472 e. The first kappa shape index (κ1) is 106. The van der Waals surface area contributed by atoms with E-state index in [0.717, 1.165) is 122 Å². The summed E-state index contributed by atoms with van der Waals surface area (Å²) in [5.41, 5.74) is 0. The molecule has 115 heavy (non-hydrogen) atoms. The molecule has 26 heteroatoms. The van der Waals surface area contributed by atoms with Crippen LogP contribution >= 0.6 is 7.82 Å². The lowest BCUT2D eigenvalue weighted by atomic mass is 9.84. The van der Waals surface area contributed by atoms with E-state index in [1.165, 1.54) is 186 Å². The molecule has 18 atom stereocenters. The third-order valence-corrected chi connectivity index (χ3v) is 23.8. The smallest absolute Gasteiger partial charge is 0.463 e. The minimum absolute atomic E-state index is 0.0185. The number of ether oxygens (including phenoxy) is 8. The number of aliphatic hydroxyl groups excluding tert-OH is 9. The first-order valence-corrected chi connectivity index (χ1v) is 47.9. The highest BCUT2D eigenvalue weighted by molar-refractivity contribution is 7.47. The third-order valence-electron chi connectivity index (χ3n) is 22.8. The summed E-state index contributed by atoms with van der Waals surface area (Å²) in [6.07, 6.45) is 26.4. The number of carbonyl (C=O) groups excluding carboxylic acids is 4. The van der Waals surface area contributed by atoms with Crippen molar-refractivity contribution in [3.8, 4) is 0 Å². The summed E-state index contributed by atoms with van der Waals surface area (Å²) in [4.78, 5) is 66.3. The summed E-state index contributed by atoms with van der Waals surface area (Å²) in [5, 5.41) is 102. The lowest BCUT2D eigenvalue weighted by molar-refractivity contribution is -0.360. The number of hydrogen-bond donors (Lipinski definition) is 10. The number of allylic oxidation sites excluding steroid dienone is 2. The number of phosphoric acid groups is 1. The number of aliphatic hydroxyl groups is 9. The van der Waals surface area contributed by atoms with Gasteiger partial charge < -0.3 is 88.7 Å². The predicted octanol–water partition coefficient (Wildman–Crippen LogP) is 16.8. The highest BCUT2D eigenvalue weighted by Crippen LogP contribution is 2.49. The maximum Gasteiger partial charge on any atom is 0.472 e. The normalized spacial score (nSPS) is 25.3. The van der Waals surface area contributed by atoms with E-state index in [2.05, 4.69) is 39.8 Å². The fourth-order valence-electron chi connectivity index (χ4n) is 15.4. The first-order chi connectivity index (χ1) is 55.7. The SMILES string of the molecule is CCCCCCCC/C=C\CCCCCC(=O)OC(COC(=O)CCCCCCCCCCCCCCC)COP(=O)(O)OC1C(OC2OC(CO)C(O)C(O)C2O)C(O)C(O)C(OC(=O)CCCCCCCCCCCCCCCCC)C1OC1OC(COC(=O)CCCCCCCCCCCCCCCCC)C(O)C(O)C1O. The molecule has 0 aromatic carbocycles. The van der Waals surface area contributed by atoms with E-state index in [4.69, 9.17) is 46.9 Å². The summed E-state index contributed by atoms with van der Waals surface area (Å²) in [6.45, 7) is 5.58. The fourth-order valence-corrected chi connectivity index (χ4v) is 16.3. The zero-order valence-corrected chi connectivity index (χ0v) is 72.7. The van der Waals surface area contributed by atoms with Crippen LogP contribution < -0.4 is 0 Å². The van der Waals surface area contributed by atoms with Crippen molar-refractivity contribution in [3.63, 3.8) is 0 Å². The molecule has 3 fully saturated rings. The predicted molar refractivity (Wildman–Crippen MR) is 444 cm³/mol. The topological polar surface area (TPSA) is 380 Å². The molecule has 25 nitrogen and oxygen atoms in total. The standard InChI is InChI=1S/C89H165O25P/c1-5-9-13-17-21-25-29-33-35-39-42-46-50-54-58-62-73(92)106-68-71-77(96)79(98)83(102)89(110-71)113-86-84(111-75(94)64-60-56-52-48-44-40-36-34-30-26-22-18-14-10-6-2)80(99)81(100)85(112-88-82(101)78(97)76(95)70(65-90)109-88)87(86)114-115(103,104)107-67-69(108-74(93)63-59-55-51-47-43-38-32-28-24-20-16-12-8-4)66-105-72(91)61-57-53-49-45-41-37-31-27-23-19-15-11-7-3/h38,43,69-71,76-90,95-102H,5-37,39-42,44-68H2,1-4H3,(H,103,104)/b43-38-. The highest BCUT2D eigenvalue weighted by atomic mass is 31.2. The zero-order chi connectivity index (χ0) is 84.0. The highest BCUT2D eigenvalue weighted by Gasteiger charge is 2.60. The lowest BCUT2D eigenvalue weighted by Crippen LogP contribution is -2.70. The van der Waals surface area contributed by atoms with Gasteiger partial charge >= 0.3 is 31.7 Å². The molecule has 0 aromatic heterocycles. The molecule has 2 heterocycles. The van der Waals surface area contributed by atoms with Crippen molar-refractivity contribution >= 4 is 31.7 Å². The van der Waals surface area contributed by atoms with Gasteiger partial charge in [0.25, 0.3) is 0 Å². The molecule has 0 aromatic rings. The zero-order valence-electron chi connectivity index (χ0n) is 71.9. The molecular weight excluding hydrogens is 1500 g/mol. The molecule has 1 saturated carbocycles. The van der Waals surface area contributed by atoms with Gasteiger partial charge in [0.1, 0.15) is 92.6 Å². The average Bonchev–Trinajstić information content (AvgIpc) is 0.753. The van der Waals surface area contributed by atoms with E-state index in [-0.39, 0.29) is 25.7 Å². The summed E-state index contributed by atoms with van der Waals surface area (Å²) in [7, 11) is -5.80. The molecular formula is C89H165O25P. The Labute approximate surface area is 692 Å². The van der Waals surface area contributed by atoms with Crippen LogP contribution in [0.25, 0.3) is 0 Å². The van der Waals surface area contributed by atoms with Gasteiger partial charge in [-0.15, -0.1) is 0 Å². The first-order valence-electron chi connectivity index (χ1n) is 46.4. The van der Waals surface area contributed by atoms with Crippen LogP contribution in [0.3, 0.4) is 0 Å². The minimum atomic E-state index is -5.80. The molecule has 0 bridgehead atoms. The van der Waals surface area contributed by atoms with E-state index in [1.54, 1.807) is 0 Å². The van der Waals surface area contributed by atoms with Crippen LogP contribution in [0, 0.1) is 0 Å². The van der Waals surface area contributed by atoms with Crippen molar-refractivity contribution in [1.29, 1.82) is 0 Å². The second kappa shape index (κ2) is 68.7. The second-order valence-electron chi connectivity index (χ2n) is 33.2. The van der Waals surface area contributed by atoms with Crippen LogP contribution in [0.15, 0.2) is 12.2 Å². The van der Waals surface area contributed by atoms with Gasteiger partial charge in [0, 0.05) is 25.7 Å². The van der Waals surface area contributed by atoms with Gasteiger partial charge in [-0.3, -0.25) is 28.2 Å². The third kappa shape index (κ3) is 49.2. The quantitative estimate of drug-likeness (QED) is 0.00889. The average molecular weight is 1670 g/mol. The Morgan fingerprint density at radius 3 is 1.04 bits per heavy atom. The van der Waals surface area contributed by atoms with E-state index in [0.29, 0.717) is 38.5 Å². The molecule has 3 aliphatic rings. The molecule has 0 radical (unpaired) electrons. The maximum atomic E-state index is 14.9. The van der Waals surface area contributed by atoms with Crippen LogP contribution in [0.2, 0.25) is 0 Å². The van der Waals surface area contributed by atoms with Gasteiger partial charge in [-0.25, -0.2) is 4.57 Å². The van der Waals surface area contributed by atoms with Crippen molar-refractivity contribution in [2.75, 3.05) is 26.4 Å². The number of carbonyl (C=O) groups is 4. The number of hydrogen-bond acceptors (Lipinski definition) is 24. The van der Waals surface area contributed by atoms with E-state index in [9.17, 15) is 74.6 Å². The molecule has 1 aliphatic carbocycles. The van der Waals surface area contributed by atoms with E-state index in [1.807, 2.05) is 0 Å². The number of rotatable bonds is 75. The van der Waals surface area contributed by atoms with Crippen molar-refractivity contribution in [1.82, 2.24) is 0 Å². The summed E-state index contributed by atoms with van der Waals surface area (Å²) in [5.74, 6) is -2.97.